The number of aliphatic hydroxyl groups is 1. The zero-order valence-electron chi connectivity index (χ0n) is 20.6. The highest BCUT2D eigenvalue weighted by molar-refractivity contribution is 7.91. The fourth-order valence-electron chi connectivity index (χ4n) is 5.14. The number of amides is 1. The largest absolute Gasteiger partial charge is 0.416 e. The monoisotopic (exact) mass is 538 g/mol. The van der Waals surface area contributed by atoms with Gasteiger partial charge in [0.2, 0.25) is 5.91 Å². The smallest absolute Gasteiger partial charge is 0.383 e. The maximum atomic E-state index is 12.9. The van der Waals surface area contributed by atoms with Gasteiger partial charge in [-0.3, -0.25) is 9.69 Å². The van der Waals surface area contributed by atoms with Crippen LogP contribution in [0.2, 0.25) is 0 Å². The quantitative estimate of drug-likeness (QED) is 0.520. The van der Waals surface area contributed by atoms with Crippen LogP contribution in [-0.4, -0.2) is 49.3 Å². The topological polar surface area (TPSA) is 86.7 Å². The summed E-state index contributed by atoms with van der Waals surface area (Å²) in [5.41, 5.74) is 2.35. The van der Waals surface area contributed by atoms with E-state index in [1.807, 2.05) is 6.07 Å². The number of rotatable bonds is 8. The summed E-state index contributed by atoms with van der Waals surface area (Å²) in [6.45, 7) is 3.12. The second-order valence-electron chi connectivity index (χ2n) is 9.97. The van der Waals surface area contributed by atoms with Crippen molar-refractivity contribution >= 4 is 15.7 Å². The number of sulfone groups is 1. The van der Waals surface area contributed by atoms with E-state index in [4.69, 9.17) is 0 Å². The Kier molecular flexibility index (Phi) is 8.60. The molecule has 1 saturated heterocycles. The molecule has 202 valence electrons. The van der Waals surface area contributed by atoms with E-state index in [-0.39, 0.29) is 6.04 Å². The van der Waals surface area contributed by atoms with Gasteiger partial charge >= 0.3 is 6.18 Å². The van der Waals surface area contributed by atoms with Crippen molar-refractivity contribution in [2.24, 2.45) is 0 Å². The van der Waals surface area contributed by atoms with Crippen molar-refractivity contribution in [2.75, 3.05) is 18.8 Å². The number of alkyl halides is 3. The number of halogens is 3. The second-order valence-corrected chi connectivity index (χ2v) is 12.1. The highest BCUT2D eigenvalue weighted by atomic mass is 32.2. The summed E-state index contributed by atoms with van der Waals surface area (Å²) in [6.07, 6.45) is -0.452. The van der Waals surface area contributed by atoms with Gasteiger partial charge in [-0.2, -0.15) is 13.2 Å². The van der Waals surface area contributed by atoms with Crippen LogP contribution in [0.1, 0.15) is 66.8 Å². The van der Waals surface area contributed by atoms with Gasteiger partial charge in [-0.1, -0.05) is 30.7 Å². The van der Waals surface area contributed by atoms with E-state index in [1.54, 1.807) is 0 Å². The van der Waals surface area contributed by atoms with Gasteiger partial charge in [-0.05, 0) is 86.5 Å². The summed E-state index contributed by atoms with van der Waals surface area (Å²) in [7, 11) is -4.11. The lowest BCUT2D eigenvalue weighted by Gasteiger charge is -2.29. The molecule has 0 spiro atoms. The number of nitrogens with one attached hydrogen (secondary N) is 1. The average molecular weight is 539 g/mol. The Balaban J connectivity index is 1.35. The van der Waals surface area contributed by atoms with Gasteiger partial charge in [-0.15, -0.1) is 0 Å². The highest BCUT2D eigenvalue weighted by Crippen LogP contribution is 2.32. The van der Waals surface area contributed by atoms with Crippen LogP contribution in [0.3, 0.4) is 0 Å². The maximum Gasteiger partial charge on any atom is 0.416 e. The number of piperidine rings is 1. The molecule has 2 N–H and O–H groups in total. The Morgan fingerprint density at radius 1 is 1.08 bits per heavy atom. The predicted molar refractivity (Wildman–Crippen MR) is 134 cm³/mol. The molecule has 6 nitrogen and oxygen atoms in total. The van der Waals surface area contributed by atoms with Crippen molar-refractivity contribution in [1.29, 1.82) is 0 Å². The van der Waals surface area contributed by atoms with Crippen LogP contribution in [0.15, 0.2) is 47.4 Å². The van der Waals surface area contributed by atoms with Crippen LogP contribution in [0.4, 0.5) is 13.2 Å². The van der Waals surface area contributed by atoms with Crippen LogP contribution in [0.5, 0.6) is 0 Å². The van der Waals surface area contributed by atoms with E-state index in [1.165, 1.54) is 30.4 Å². The van der Waals surface area contributed by atoms with E-state index in [2.05, 4.69) is 22.3 Å². The Hall–Kier alpha value is -2.43. The first kappa shape index (κ1) is 27.6. The summed E-state index contributed by atoms with van der Waals surface area (Å²) >= 11 is 0. The number of carbonyl (C=O) groups excluding carboxylic acids is 1. The molecule has 1 heterocycles. The van der Waals surface area contributed by atoms with Crippen LogP contribution in [0.25, 0.3) is 0 Å². The lowest BCUT2D eigenvalue weighted by molar-refractivity contribution is -0.137. The number of fused-ring (bicyclic) bond motifs is 1. The minimum Gasteiger partial charge on any atom is -0.383 e. The molecule has 4 rings (SSSR count). The van der Waals surface area contributed by atoms with Gasteiger partial charge < -0.3 is 10.4 Å². The molecule has 0 aromatic heterocycles. The molecular weight excluding hydrogens is 505 g/mol. The molecule has 1 aliphatic carbocycles. The molecule has 10 heteroatoms. The molecule has 2 aromatic rings. The van der Waals surface area contributed by atoms with Crippen molar-refractivity contribution in [3.05, 3.63) is 64.7 Å². The summed E-state index contributed by atoms with van der Waals surface area (Å²) in [6, 6.07) is 9.49. The number of nitrogens with zero attached hydrogens (tertiary/aromatic N) is 1. The number of aliphatic hydroxyl groups excluding tert-OH is 1. The highest BCUT2D eigenvalue weighted by Gasteiger charge is 2.32. The van der Waals surface area contributed by atoms with Gasteiger partial charge in [-0.25, -0.2) is 8.42 Å². The first-order valence-corrected chi connectivity index (χ1v) is 14.4. The van der Waals surface area contributed by atoms with Crippen molar-refractivity contribution in [3.8, 4) is 0 Å². The molecule has 0 radical (unpaired) electrons. The van der Waals surface area contributed by atoms with Crippen LogP contribution >= 0.6 is 0 Å². The van der Waals surface area contributed by atoms with Gasteiger partial charge in [0, 0.05) is 6.54 Å². The number of carbonyl (C=O) groups is 1. The molecule has 1 fully saturated rings. The average Bonchev–Trinajstić information content (AvgIpc) is 2.87. The molecule has 0 bridgehead atoms. The molecule has 1 aliphatic heterocycles. The Bertz CT molecular complexity index is 1210. The minimum absolute atomic E-state index is 0.282. The summed E-state index contributed by atoms with van der Waals surface area (Å²) in [4.78, 5) is 14.6. The minimum atomic E-state index is -4.67. The number of likely N-dealkylation sites (tertiary alicyclic amines) is 1. The fraction of sp³-hybridized carbons (Fsp3) is 0.519. The van der Waals surface area contributed by atoms with E-state index >= 15 is 0 Å². The van der Waals surface area contributed by atoms with Crippen LogP contribution in [-0.2, 0) is 33.8 Å². The van der Waals surface area contributed by atoms with Crippen molar-refractivity contribution in [2.45, 2.75) is 74.7 Å². The van der Waals surface area contributed by atoms with E-state index < -0.39 is 50.7 Å². The molecule has 2 aromatic carbocycles. The fourth-order valence-corrected chi connectivity index (χ4v) is 6.50. The van der Waals surface area contributed by atoms with E-state index in [0.717, 1.165) is 56.2 Å². The first-order valence-electron chi connectivity index (χ1n) is 12.8. The predicted octanol–water partition coefficient (Wildman–Crippen LogP) is 4.41. The van der Waals surface area contributed by atoms with Crippen molar-refractivity contribution < 1.29 is 31.5 Å². The third kappa shape index (κ3) is 7.12. The molecule has 1 amide bonds. The lowest BCUT2D eigenvalue weighted by atomic mass is 9.86. The lowest BCUT2D eigenvalue weighted by Crippen LogP contribution is -2.39. The zero-order valence-corrected chi connectivity index (χ0v) is 21.5. The van der Waals surface area contributed by atoms with Gasteiger partial charge in [0.15, 0.2) is 9.84 Å². The first-order chi connectivity index (χ1) is 17.5. The molecule has 0 unspecified atom stereocenters. The third-order valence-corrected chi connectivity index (χ3v) is 8.92. The van der Waals surface area contributed by atoms with Gasteiger partial charge in [0.25, 0.3) is 0 Å². The van der Waals surface area contributed by atoms with Crippen LogP contribution in [0, 0.1) is 0 Å². The SMILES string of the molecule is O=C(N[C@@H]1CCCc2cc(CN3CCCCC3)ccc21)[C@H](O)CCS(=O)(=O)c1cccc(C(F)(F)F)c1. The summed E-state index contributed by atoms with van der Waals surface area (Å²) < 4.78 is 63.9. The molecule has 2 atom stereocenters. The maximum absolute atomic E-state index is 12.9. The Labute approximate surface area is 215 Å². The molecule has 2 aliphatic rings. The second kappa shape index (κ2) is 11.5. The number of hydrogen-bond acceptors (Lipinski definition) is 5. The standard InChI is InChI=1S/C27H33F3N2O4S/c28-27(29,30)21-7-5-8-22(17-21)37(35,36)15-12-25(33)26(34)31-24-9-4-6-20-16-19(10-11-23(20)24)18-32-13-2-1-3-14-32/h5,7-8,10-11,16-17,24-25,33H,1-4,6,9,12-15,18H2,(H,31,34)/t24-,25-/m1/s1. The number of benzene rings is 2. The number of aryl methyl sites for hydroxylation is 1. The Morgan fingerprint density at radius 2 is 1.84 bits per heavy atom. The molecular formula is C27H33F3N2O4S. The van der Waals surface area contributed by atoms with Gasteiger partial charge in [0.1, 0.15) is 6.10 Å². The van der Waals surface area contributed by atoms with E-state index in [9.17, 15) is 31.5 Å². The number of hydrogen-bond donors (Lipinski definition) is 2. The third-order valence-electron chi connectivity index (χ3n) is 7.18. The molecule has 37 heavy (non-hydrogen) atoms. The zero-order chi connectivity index (χ0) is 26.6. The van der Waals surface area contributed by atoms with Gasteiger partial charge in [0.05, 0.1) is 22.3 Å². The van der Waals surface area contributed by atoms with Crippen molar-refractivity contribution in [1.82, 2.24) is 10.2 Å². The summed E-state index contributed by atoms with van der Waals surface area (Å²) in [5, 5.41) is 13.2. The normalized spacial score (nSPS) is 19.7. The molecule has 0 saturated carbocycles. The van der Waals surface area contributed by atoms with Crippen molar-refractivity contribution in [3.63, 3.8) is 0 Å². The van der Waals surface area contributed by atoms with E-state index in [0.29, 0.717) is 12.5 Å². The summed E-state index contributed by atoms with van der Waals surface area (Å²) in [5.74, 6) is -1.33. The van der Waals surface area contributed by atoms with Crippen LogP contribution < -0.4 is 5.32 Å². The Morgan fingerprint density at radius 3 is 2.57 bits per heavy atom.